The van der Waals surface area contributed by atoms with Crippen LogP contribution in [0.5, 0.6) is 0 Å². The average Bonchev–Trinajstić information content (AvgIpc) is 3.06. The third-order valence-corrected chi connectivity index (χ3v) is 3.91. The van der Waals surface area contributed by atoms with Gasteiger partial charge in [0.2, 0.25) is 0 Å². The van der Waals surface area contributed by atoms with Crippen molar-refractivity contribution in [2.24, 2.45) is 5.10 Å². The van der Waals surface area contributed by atoms with Gasteiger partial charge in [0.25, 0.3) is 5.91 Å². The molecule has 0 saturated heterocycles. The van der Waals surface area contributed by atoms with Crippen LogP contribution < -0.4 is 5.43 Å². The monoisotopic (exact) mass is 314 g/mol. The van der Waals surface area contributed by atoms with Crippen LogP contribution in [0.2, 0.25) is 0 Å². The molecule has 2 N–H and O–H groups in total. The number of carbonyl (C=O) groups excluding carboxylic acids is 1. The van der Waals surface area contributed by atoms with E-state index in [-0.39, 0.29) is 5.91 Å². The molecule has 2 heterocycles. The molecule has 24 heavy (non-hydrogen) atoms. The minimum absolute atomic E-state index is 0.287. The number of H-pyrrole nitrogens is 1. The molecular formula is C19H14N4O. The molecule has 116 valence electrons. The highest BCUT2D eigenvalue weighted by Crippen LogP contribution is 2.26. The molecule has 1 amide bonds. The lowest BCUT2D eigenvalue weighted by molar-refractivity contribution is 0.0955. The first-order valence-electron chi connectivity index (χ1n) is 7.55. The number of amides is 1. The van der Waals surface area contributed by atoms with Gasteiger partial charge in [0.1, 0.15) is 0 Å². The number of carbonyl (C=O) groups is 1. The van der Waals surface area contributed by atoms with E-state index in [0.717, 1.165) is 21.9 Å². The van der Waals surface area contributed by atoms with Gasteiger partial charge in [-0.25, -0.2) is 5.43 Å². The lowest BCUT2D eigenvalue weighted by Gasteiger charge is -2.00. The summed E-state index contributed by atoms with van der Waals surface area (Å²) in [4.78, 5) is 19.1. The number of nitrogens with zero attached hydrogens (tertiary/aromatic N) is 2. The quantitative estimate of drug-likeness (QED) is 0.449. The Morgan fingerprint density at radius 3 is 2.88 bits per heavy atom. The number of pyridine rings is 1. The molecule has 0 unspecified atom stereocenters. The number of fused-ring (bicyclic) bond motifs is 3. The molecule has 2 aromatic carbocycles. The van der Waals surface area contributed by atoms with Gasteiger partial charge in [-0.2, -0.15) is 5.10 Å². The van der Waals surface area contributed by atoms with E-state index in [1.165, 1.54) is 11.6 Å². The van der Waals surface area contributed by atoms with Gasteiger partial charge in [-0.3, -0.25) is 9.78 Å². The molecule has 0 fully saturated rings. The van der Waals surface area contributed by atoms with Crippen LogP contribution in [0.1, 0.15) is 15.9 Å². The van der Waals surface area contributed by atoms with Crippen LogP contribution in [0, 0.1) is 0 Å². The molecule has 5 nitrogen and oxygen atoms in total. The van der Waals surface area contributed by atoms with Crippen LogP contribution in [-0.4, -0.2) is 22.1 Å². The number of aromatic amines is 1. The Hall–Kier alpha value is -3.47. The van der Waals surface area contributed by atoms with Crippen LogP contribution in [0.3, 0.4) is 0 Å². The van der Waals surface area contributed by atoms with Crippen LogP contribution >= 0.6 is 0 Å². The van der Waals surface area contributed by atoms with E-state index in [0.29, 0.717) is 5.56 Å². The van der Waals surface area contributed by atoms with Crippen LogP contribution in [0.15, 0.2) is 72.2 Å². The van der Waals surface area contributed by atoms with E-state index < -0.39 is 0 Å². The molecular weight excluding hydrogens is 300 g/mol. The largest absolute Gasteiger partial charge is 0.360 e. The van der Waals surface area contributed by atoms with Gasteiger partial charge in [-0.1, -0.05) is 36.4 Å². The second-order valence-electron chi connectivity index (χ2n) is 5.39. The van der Waals surface area contributed by atoms with Crippen molar-refractivity contribution in [3.05, 3.63) is 78.2 Å². The third-order valence-electron chi connectivity index (χ3n) is 3.91. The zero-order valence-corrected chi connectivity index (χ0v) is 12.7. The maximum absolute atomic E-state index is 11.9. The molecule has 0 aliphatic carbocycles. The molecule has 5 heteroatoms. The zero-order valence-electron chi connectivity index (χ0n) is 12.7. The van der Waals surface area contributed by atoms with E-state index >= 15 is 0 Å². The fourth-order valence-electron chi connectivity index (χ4n) is 2.72. The summed E-state index contributed by atoms with van der Waals surface area (Å²) >= 11 is 0. The summed E-state index contributed by atoms with van der Waals surface area (Å²) in [6.45, 7) is 0. The third kappa shape index (κ3) is 2.52. The van der Waals surface area contributed by atoms with Crippen molar-refractivity contribution < 1.29 is 4.79 Å². The molecule has 2 aromatic heterocycles. The maximum atomic E-state index is 11.9. The summed E-state index contributed by atoms with van der Waals surface area (Å²) in [5.74, 6) is -0.287. The van der Waals surface area contributed by atoms with Crippen LogP contribution in [0.4, 0.5) is 0 Å². The molecule has 0 saturated carbocycles. The van der Waals surface area contributed by atoms with E-state index in [1.807, 2.05) is 18.3 Å². The van der Waals surface area contributed by atoms with Gasteiger partial charge in [-0.15, -0.1) is 0 Å². The van der Waals surface area contributed by atoms with Crippen LogP contribution in [-0.2, 0) is 0 Å². The Balaban J connectivity index is 1.61. The second-order valence-corrected chi connectivity index (χ2v) is 5.39. The molecule has 4 aromatic rings. The van der Waals surface area contributed by atoms with Crippen LogP contribution in [0.25, 0.3) is 21.7 Å². The van der Waals surface area contributed by atoms with Gasteiger partial charge in [0.05, 0.1) is 17.3 Å². The van der Waals surface area contributed by atoms with Crippen molar-refractivity contribution in [2.75, 3.05) is 0 Å². The molecule has 0 bridgehead atoms. The number of benzene rings is 2. The van der Waals surface area contributed by atoms with E-state index in [9.17, 15) is 4.79 Å². The topological polar surface area (TPSA) is 70.1 Å². The standard InChI is InChI=1S/C19H14N4O/c24-19(14-5-3-9-20-10-14)23-22-12-15-11-21-18-16-6-2-1-4-13(16)7-8-17(15)18/h1-12,21H,(H,23,24). The normalized spacial score (nSPS) is 11.3. The summed E-state index contributed by atoms with van der Waals surface area (Å²) in [6, 6.07) is 15.7. The molecule has 0 aliphatic heterocycles. The molecule has 0 atom stereocenters. The number of nitrogens with one attached hydrogen (secondary N) is 2. The Labute approximate surface area is 138 Å². The fraction of sp³-hybridized carbons (Fsp3) is 0. The first-order chi connectivity index (χ1) is 11.8. The number of rotatable bonds is 3. The van der Waals surface area contributed by atoms with Crippen molar-refractivity contribution in [3.8, 4) is 0 Å². The minimum atomic E-state index is -0.287. The van der Waals surface area contributed by atoms with E-state index in [2.05, 4.69) is 44.8 Å². The van der Waals surface area contributed by atoms with E-state index in [1.54, 1.807) is 24.5 Å². The smallest absolute Gasteiger partial charge is 0.272 e. The average molecular weight is 314 g/mol. The number of hydrogen-bond donors (Lipinski definition) is 2. The van der Waals surface area contributed by atoms with Crippen molar-refractivity contribution in [1.29, 1.82) is 0 Å². The van der Waals surface area contributed by atoms with Gasteiger partial charge >= 0.3 is 0 Å². The van der Waals surface area contributed by atoms with Gasteiger partial charge in [0, 0.05) is 34.9 Å². The molecule has 0 radical (unpaired) electrons. The fourth-order valence-corrected chi connectivity index (χ4v) is 2.72. The van der Waals surface area contributed by atoms with Crippen molar-refractivity contribution in [3.63, 3.8) is 0 Å². The predicted octanol–water partition coefficient (Wildman–Crippen LogP) is 3.48. The molecule has 4 rings (SSSR count). The highest BCUT2D eigenvalue weighted by Gasteiger charge is 2.06. The summed E-state index contributed by atoms with van der Waals surface area (Å²) in [5, 5.41) is 7.45. The van der Waals surface area contributed by atoms with Gasteiger partial charge in [-0.05, 0) is 17.5 Å². The lowest BCUT2D eigenvalue weighted by atomic mass is 10.1. The van der Waals surface area contributed by atoms with Crippen molar-refractivity contribution >= 4 is 33.8 Å². The number of hydrazone groups is 1. The van der Waals surface area contributed by atoms with Gasteiger partial charge in [0.15, 0.2) is 0 Å². The molecule has 0 spiro atoms. The summed E-state index contributed by atoms with van der Waals surface area (Å²) in [5.41, 5.74) is 4.97. The second kappa shape index (κ2) is 5.96. The van der Waals surface area contributed by atoms with E-state index in [4.69, 9.17) is 0 Å². The highest BCUT2D eigenvalue weighted by atomic mass is 16.2. The Morgan fingerprint density at radius 2 is 2.00 bits per heavy atom. The number of aromatic nitrogens is 2. The number of hydrogen-bond acceptors (Lipinski definition) is 3. The minimum Gasteiger partial charge on any atom is -0.360 e. The first kappa shape index (κ1) is 14.1. The van der Waals surface area contributed by atoms with Crippen molar-refractivity contribution in [1.82, 2.24) is 15.4 Å². The highest BCUT2D eigenvalue weighted by molar-refractivity contribution is 6.11. The first-order valence-corrected chi connectivity index (χ1v) is 7.55. The summed E-state index contributed by atoms with van der Waals surface area (Å²) < 4.78 is 0. The predicted molar refractivity (Wildman–Crippen MR) is 95.1 cm³/mol. The summed E-state index contributed by atoms with van der Waals surface area (Å²) in [6.07, 6.45) is 6.65. The Bertz CT molecular complexity index is 1050. The van der Waals surface area contributed by atoms with Crippen molar-refractivity contribution in [2.45, 2.75) is 0 Å². The SMILES string of the molecule is O=C(NN=Cc1c[nH]c2c1ccc1ccccc12)c1cccnc1. The lowest BCUT2D eigenvalue weighted by Crippen LogP contribution is -2.17. The van der Waals surface area contributed by atoms with Gasteiger partial charge < -0.3 is 4.98 Å². The zero-order chi connectivity index (χ0) is 16.4. The maximum Gasteiger partial charge on any atom is 0.272 e. The molecule has 0 aliphatic rings. The Kier molecular flexibility index (Phi) is 3.51. The summed E-state index contributed by atoms with van der Waals surface area (Å²) in [7, 11) is 0. The Morgan fingerprint density at radius 1 is 1.08 bits per heavy atom.